The first-order valence-electron chi connectivity index (χ1n) is 7.51. The molecule has 6 unspecified atom stereocenters. The Bertz CT molecular complexity index is 260. The Kier molecular flexibility index (Phi) is 7.94. The summed E-state index contributed by atoms with van der Waals surface area (Å²) in [6.45, 7) is 3.68. The maximum atomic E-state index is 9.90. The predicted molar refractivity (Wildman–Crippen MR) is 73.1 cm³/mol. The van der Waals surface area contributed by atoms with Gasteiger partial charge in [0.2, 0.25) is 0 Å². The van der Waals surface area contributed by atoms with Crippen LogP contribution in [-0.4, -0.2) is 63.8 Å². The Morgan fingerprint density at radius 3 is 2.30 bits per heavy atom. The monoisotopic (exact) mass is 292 g/mol. The van der Waals surface area contributed by atoms with Crippen molar-refractivity contribution in [1.82, 2.24) is 0 Å². The third-order valence-corrected chi connectivity index (χ3v) is 3.76. The van der Waals surface area contributed by atoms with Crippen LogP contribution in [0.25, 0.3) is 0 Å². The maximum absolute atomic E-state index is 9.90. The van der Waals surface area contributed by atoms with Gasteiger partial charge in [-0.1, -0.05) is 33.1 Å². The van der Waals surface area contributed by atoms with E-state index in [9.17, 15) is 15.3 Å². The van der Waals surface area contributed by atoms with Gasteiger partial charge in [0.1, 0.15) is 24.4 Å². The van der Waals surface area contributed by atoms with E-state index in [4.69, 9.17) is 14.6 Å². The maximum Gasteiger partial charge on any atom is 0.186 e. The molecule has 1 rings (SSSR count). The number of rotatable bonds is 8. The van der Waals surface area contributed by atoms with E-state index < -0.39 is 37.3 Å². The van der Waals surface area contributed by atoms with Crippen molar-refractivity contribution in [1.29, 1.82) is 0 Å². The van der Waals surface area contributed by atoms with E-state index in [1.54, 1.807) is 0 Å². The second-order valence-corrected chi connectivity index (χ2v) is 5.36. The van der Waals surface area contributed by atoms with Crippen molar-refractivity contribution >= 4 is 0 Å². The van der Waals surface area contributed by atoms with Gasteiger partial charge >= 0.3 is 0 Å². The molecule has 0 radical (unpaired) electrons. The van der Waals surface area contributed by atoms with Gasteiger partial charge in [0, 0.05) is 0 Å². The van der Waals surface area contributed by atoms with Crippen LogP contribution in [0.2, 0.25) is 0 Å². The minimum atomic E-state index is -1.38. The Morgan fingerprint density at radius 2 is 1.75 bits per heavy atom. The van der Waals surface area contributed by atoms with Crippen LogP contribution in [0.4, 0.5) is 0 Å². The van der Waals surface area contributed by atoms with Crippen LogP contribution in [0.5, 0.6) is 0 Å². The fourth-order valence-electron chi connectivity index (χ4n) is 2.36. The molecule has 0 aromatic carbocycles. The molecule has 0 aromatic heterocycles. The molecule has 0 aromatic rings. The van der Waals surface area contributed by atoms with Gasteiger partial charge < -0.3 is 29.9 Å². The standard InChI is InChI=1S/C14H28O6/c1-3-5-6-7-9(4-2)19-14-13(18)12(17)11(16)10(8-15)20-14/h9-18H,3-8H2,1-2H3. The van der Waals surface area contributed by atoms with Crippen LogP contribution in [0.15, 0.2) is 0 Å². The highest BCUT2D eigenvalue weighted by Crippen LogP contribution is 2.24. The van der Waals surface area contributed by atoms with E-state index >= 15 is 0 Å². The van der Waals surface area contributed by atoms with E-state index in [-0.39, 0.29) is 6.10 Å². The van der Waals surface area contributed by atoms with Gasteiger partial charge in [0.05, 0.1) is 12.7 Å². The molecule has 120 valence electrons. The summed E-state index contributed by atoms with van der Waals surface area (Å²) in [5, 5.41) is 38.4. The van der Waals surface area contributed by atoms with E-state index in [2.05, 4.69) is 6.92 Å². The van der Waals surface area contributed by atoms with Crippen molar-refractivity contribution in [3.8, 4) is 0 Å². The van der Waals surface area contributed by atoms with Crippen LogP contribution in [0.1, 0.15) is 46.0 Å². The molecule has 20 heavy (non-hydrogen) atoms. The summed E-state index contributed by atoms with van der Waals surface area (Å²) >= 11 is 0. The second-order valence-electron chi connectivity index (χ2n) is 5.36. The molecule has 0 spiro atoms. The topological polar surface area (TPSA) is 99.4 Å². The van der Waals surface area contributed by atoms with Gasteiger partial charge in [0.25, 0.3) is 0 Å². The van der Waals surface area contributed by atoms with Crippen molar-refractivity contribution in [2.45, 2.75) is 82.8 Å². The van der Waals surface area contributed by atoms with Crippen LogP contribution in [-0.2, 0) is 9.47 Å². The Labute approximate surface area is 120 Å². The number of hydrogen-bond acceptors (Lipinski definition) is 6. The lowest BCUT2D eigenvalue weighted by Gasteiger charge is -2.40. The molecular formula is C14H28O6. The zero-order chi connectivity index (χ0) is 15.1. The first-order chi connectivity index (χ1) is 9.54. The van der Waals surface area contributed by atoms with Crippen molar-refractivity contribution in [3.05, 3.63) is 0 Å². The molecule has 4 N–H and O–H groups in total. The Morgan fingerprint density at radius 1 is 1.05 bits per heavy atom. The smallest absolute Gasteiger partial charge is 0.186 e. The number of unbranched alkanes of at least 4 members (excludes halogenated alkanes) is 2. The second kappa shape index (κ2) is 8.92. The van der Waals surface area contributed by atoms with E-state index in [1.165, 1.54) is 0 Å². The van der Waals surface area contributed by atoms with E-state index in [0.29, 0.717) is 0 Å². The molecule has 6 heteroatoms. The fourth-order valence-corrected chi connectivity index (χ4v) is 2.36. The summed E-state index contributed by atoms with van der Waals surface area (Å²) in [4.78, 5) is 0. The first kappa shape index (κ1) is 17.8. The minimum absolute atomic E-state index is 0.0667. The number of aliphatic hydroxyl groups is 4. The summed E-state index contributed by atoms with van der Waals surface area (Å²) < 4.78 is 11.0. The highest BCUT2D eigenvalue weighted by Gasteiger charge is 2.44. The lowest BCUT2D eigenvalue weighted by molar-refractivity contribution is -0.311. The zero-order valence-corrected chi connectivity index (χ0v) is 12.3. The van der Waals surface area contributed by atoms with Gasteiger partial charge in [-0.3, -0.25) is 0 Å². The van der Waals surface area contributed by atoms with Crippen LogP contribution >= 0.6 is 0 Å². The van der Waals surface area contributed by atoms with Crippen LogP contribution in [0, 0.1) is 0 Å². The predicted octanol–water partition coefficient (Wildman–Crippen LogP) is 0.162. The molecule has 0 amide bonds. The minimum Gasteiger partial charge on any atom is -0.394 e. The highest BCUT2D eigenvalue weighted by atomic mass is 16.7. The Hall–Kier alpha value is -0.240. The van der Waals surface area contributed by atoms with Crippen molar-refractivity contribution < 1.29 is 29.9 Å². The van der Waals surface area contributed by atoms with E-state index in [1.807, 2.05) is 6.92 Å². The third kappa shape index (κ3) is 4.65. The van der Waals surface area contributed by atoms with Gasteiger partial charge in [-0.15, -0.1) is 0 Å². The lowest BCUT2D eigenvalue weighted by atomic mass is 9.99. The summed E-state index contributed by atoms with van der Waals surface area (Å²) in [6.07, 6.45) is -1.11. The van der Waals surface area contributed by atoms with Crippen LogP contribution < -0.4 is 0 Å². The lowest BCUT2D eigenvalue weighted by Crippen LogP contribution is -2.59. The van der Waals surface area contributed by atoms with Crippen molar-refractivity contribution in [2.24, 2.45) is 0 Å². The van der Waals surface area contributed by atoms with E-state index in [0.717, 1.165) is 32.1 Å². The highest BCUT2D eigenvalue weighted by molar-refractivity contribution is 4.89. The largest absolute Gasteiger partial charge is 0.394 e. The molecule has 0 saturated carbocycles. The number of ether oxygens (including phenoxy) is 2. The molecular weight excluding hydrogens is 264 g/mol. The Balaban J connectivity index is 2.54. The normalized spacial score (nSPS) is 36.0. The molecule has 6 atom stereocenters. The first-order valence-corrected chi connectivity index (χ1v) is 7.51. The van der Waals surface area contributed by atoms with Crippen LogP contribution in [0.3, 0.4) is 0 Å². The SMILES string of the molecule is CCCCCC(CC)OC1OC(CO)C(O)C(O)C1O. The third-order valence-electron chi connectivity index (χ3n) is 3.76. The summed E-state index contributed by atoms with van der Waals surface area (Å²) in [5.41, 5.74) is 0. The number of hydrogen-bond donors (Lipinski definition) is 4. The van der Waals surface area contributed by atoms with Gasteiger partial charge in [0.15, 0.2) is 6.29 Å². The summed E-state index contributed by atoms with van der Waals surface area (Å²) in [6, 6.07) is 0. The quantitative estimate of drug-likeness (QED) is 0.476. The van der Waals surface area contributed by atoms with Crippen molar-refractivity contribution in [2.75, 3.05) is 6.61 Å². The van der Waals surface area contributed by atoms with Crippen molar-refractivity contribution in [3.63, 3.8) is 0 Å². The fraction of sp³-hybridized carbons (Fsp3) is 1.00. The molecule has 1 heterocycles. The summed E-state index contributed by atoms with van der Waals surface area (Å²) in [5.74, 6) is 0. The zero-order valence-electron chi connectivity index (χ0n) is 12.3. The molecule has 1 saturated heterocycles. The number of aliphatic hydroxyl groups excluding tert-OH is 4. The molecule has 0 bridgehead atoms. The summed E-state index contributed by atoms with van der Waals surface area (Å²) in [7, 11) is 0. The molecule has 1 aliphatic rings. The van der Waals surface area contributed by atoms with Gasteiger partial charge in [-0.2, -0.15) is 0 Å². The molecule has 6 nitrogen and oxygen atoms in total. The van der Waals surface area contributed by atoms with Gasteiger partial charge in [-0.05, 0) is 12.8 Å². The molecule has 0 aliphatic carbocycles. The average Bonchev–Trinajstić information content (AvgIpc) is 2.46. The molecule has 1 fully saturated rings. The molecule has 1 aliphatic heterocycles. The van der Waals surface area contributed by atoms with Gasteiger partial charge in [-0.25, -0.2) is 0 Å². The average molecular weight is 292 g/mol.